The molecule has 0 fully saturated rings. The van der Waals surface area contributed by atoms with E-state index >= 15 is 0 Å². The van der Waals surface area contributed by atoms with Crippen molar-refractivity contribution in [1.29, 1.82) is 0 Å². The summed E-state index contributed by atoms with van der Waals surface area (Å²) in [4.78, 5) is 2.41. The first-order valence-corrected chi connectivity index (χ1v) is 21.7. The number of nitrogens with zero attached hydrogens (tertiary/aromatic N) is 1. The van der Waals surface area contributed by atoms with Crippen molar-refractivity contribution in [2.24, 2.45) is 0 Å². The lowest BCUT2D eigenvalue weighted by molar-refractivity contribution is 0.660. The third-order valence-corrected chi connectivity index (χ3v) is 13.9. The van der Waals surface area contributed by atoms with E-state index in [1.165, 1.54) is 66.8 Å². The molecule has 0 saturated carbocycles. The van der Waals surface area contributed by atoms with Gasteiger partial charge in [-0.15, -0.1) is 0 Å². The second-order valence-corrected chi connectivity index (χ2v) is 18.1. The van der Waals surface area contributed by atoms with Crippen LogP contribution in [0.25, 0.3) is 77.6 Å². The van der Waals surface area contributed by atoms with E-state index in [-0.39, 0.29) is 10.8 Å². The van der Waals surface area contributed by atoms with Crippen LogP contribution in [0.3, 0.4) is 0 Å². The van der Waals surface area contributed by atoms with Crippen molar-refractivity contribution in [1.82, 2.24) is 0 Å². The fourth-order valence-electron chi connectivity index (χ4n) is 10.6. The van der Waals surface area contributed by atoms with Crippen molar-refractivity contribution in [2.75, 3.05) is 4.90 Å². The summed E-state index contributed by atoms with van der Waals surface area (Å²) in [7, 11) is 0. The van der Waals surface area contributed by atoms with Crippen LogP contribution in [0.15, 0.2) is 205 Å². The fraction of sp³-hybridized carbons (Fsp3) is 0.100. The monoisotopic (exact) mass is 795 g/mol. The normalized spacial score (nSPS) is 14.1. The van der Waals surface area contributed by atoms with E-state index < -0.39 is 0 Å². The molecule has 296 valence electrons. The van der Waals surface area contributed by atoms with Crippen LogP contribution in [-0.2, 0) is 10.8 Å². The molecule has 2 aliphatic carbocycles. The molecule has 0 radical (unpaired) electrons. The van der Waals surface area contributed by atoms with Crippen LogP contribution in [0.1, 0.15) is 49.9 Å². The Morgan fingerprint density at radius 3 is 1.61 bits per heavy atom. The topological polar surface area (TPSA) is 16.4 Å². The van der Waals surface area contributed by atoms with Gasteiger partial charge >= 0.3 is 0 Å². The van der Waals surface area contributed by atoms with Crippen LogP contribution in [0, 0.1) is 0 Å². The first-order valence-electron chi connectivity index (χ1n) is 21.7. The smallest absolute Gasteiger partial charge is 0.143 e. The van der Waals surface area contributed by atoms with Gasteiger partial charge in [0.25, 0.3) is 0 Å². The number of hydrogen-bond donors (Lipinski definition) is 0. The number of hydrogen-bond acceptors (Lipinski definition) is 2. The molecule has 0 unspecified atom stereocenters. The second kappa shape index (κ2) is 13.5. The highest BCUT2D eigenvalue weighted by Gasteiger charge is 2.37. The molecule has 1 aromatic heterocycles. The van der Waals surface area contributed by atoms with Crippen molar-refractivity contribution < 1.29 is 4.42 Å². The molecule has 1 heterocycles. The first-order chi connectivity index (χ1) is 30.2. The maximum atomic E-state index is 6.47. The van der Waals surface area contributed by atoms with Crippen molar-refractivity contribution in [3.05, 3.63) is 222 Å². The number of benzene rings is 9. The molecule has 0 saturated heterocycles. The highest BCUT2D eigenvalue weighted by Crippen LogP contribution is 2.52. The molecular weight excluding hydrogens is 751 g/mol. The van der Waals surface area contributed by atoms with Crippen LogP contribution in [0.2, 0.25) is 0 Å². The predicted molar refractivity (Wildman–Crippen MR) is 260 cm³/mol. The molecule has 0 bridgehead atoms. The summed E-state index contributed by atoms with van der Waals surface area (Å²) < 4.78 is 6.47. The molecule has 10 aromatic rings. The number of fused-ring (bicyclic) bond motifs is 9. The molecule has 0 N–H and O–H groups in total. The van der Waals surface area contributed by atoms with Gasteiger partial charge in [-0.3, -0.25) is 0 Å². The number of rotatable bonds is 6. The van der Waals surface area contributed by atoms with Crippen molar-refractivity contribution >= 4 is 39.0 Å². The Hall–Kier alpha value is -7.42. The van der Waals surface area contributed by atoms with E-state index in [2.05, 4.69) is 221 Å². The van der Waals surface area contributed by atoms with Gasteiger partial charge in [0.05, 0.1) is 0 Å². The first kappa shape index (κ1) is 36.4. The number of furan rings is 1. The lowest BCUT2D eigenvalue weighted by atomic mass is 9.82. The summed E-state index contributed by atoms with van der Waals surface area (Å²) in [6, 6.07) is 73.6. The minimum atomic E-state index is -0.125. The van der Waals surface area contributed by atoms with Gasteiger partial charge in [0.15, 0.2) is 0 Å². The van der Waals surface area contributed by atoms with E-state index in [1.54, 1.807) is 0 Å². The van der Waals surface area contributed by atoms with Crippen LogP contribution in [-0.4, -0.2) is 0 Å². The molecule has 0 aliphatic heterocycles. The predicted octanol–water partition coefficient (Wildman–Crippen LogP) is 16.7. The Morgan fingerprint density at radius 1 is 0.323 bits per heavy atom. The molecule has 0 atom stereocenters. The van der Waals surface area contributed by atoms with Gasteiger partial charge < -0.3 is 9.32 Å². The summed E-state index contributed by atoms with van der Waals surface area (Å²) in [6.07, 6.45) is 0. The van der Waals surface area contributed by atoms with Crippen LogP contribution < -0.4 is 4.90 Å². The molecule has 2 nitrogen and oxygen atoms in total. The van der Waals surface area contributed by atoms with Gasteiger partial charge in [-0.1, -0.05) is 173 Å². The maximum absolute atomic E-state index is 6.47. The third-order valence-electron chi connectivity index (χ3n) is 13.9. The highest BCUT2D eigenvalue weighted by atomic mass is 16.3. The number of anilines is 3. The van der Waals surface area contributed by atoms with Crippen LogP contribution >= 0.6 is 0 Å². The third kappa shape index (κ3) is 5.49. The quantitative estimate of drug-likeness (QED) is 0.167. The van der Waals surface area contributed by atoms with Crippen LogP contribution in [0.4, 0.5) is 17.1 Å². The van der Waals surface area contributed by atoms with Gasteiger partial charge in [0.1, 0.15) is 11.2 Å². The SMILES string of the molecule is CC1(C)c2ccccc2-c2cc(-c3cccc(-c4cccc(N(c5ccc(-c6cccc7c6oc6ccccc67)cc5)c5ccc6c(c5)C(C)(C)c5ccccc5-6)c4)c3)ccc21. The van der Waals surface area contributed by atoms with Gasteiger partial charge in [-0.05, 0) is 127 Å². The van der Waals surface area contributed by atoms with E-state index in [9.17, 15) is 0 Å². The Kier molecular flexibility index (Phi) is 7.96. The molecule has 2 aliphatic rings. The summed E-state index contributed by atoms with van der Waals surface area (Å²) in [5.74, 6) is 0. The fourth-order valence-corrected chi connectivity index (χ4v) is 10.6. The minimum absolute atomic E-state index is 0.0138. The largest absolute Gasteiger partial charge is 0.455 e. The lowest BCUT2D eigenvalue weighted by Gasteiger charge is -2.28. The van der Waals surface area contributed by atoms with E-state index in [4.69, 9.17) is 4.42 Å². The van der Waals surface area contributed by atoms with Gasteiger partial charge in [-0.25, -0.2) is 0 Å². The zero-order valence-electron chi connectivity index (χ0n) is 35.4. The molecule has 2 heteroatoms. The van der Waals surface area contributed by atoms with E-state index in [0.717, 1.165) is 50.1 Å². The van der Waals surface area contributed by atoms with Gasteiger partial charge in [-0.2, -0.15) is 0 Å². The average molecular weight is 796 g/mol. The van der Waals surface area contributed by atoms with E-state index in [0.29, 0.717) is 0 Å². The van der Waals surface area contributed by atoms with Crippen molar-refractivity contribution in [3.8, 4) is 55.6 Å². The summed E-state index contributed by atoms with van der Waals surface area (Å²) >= 11 is 0. The van der Waals surface area contributed by atoms with Crippen molar-refractivity contribution in [2.45, 2.75) is 38.5 Å². The Bertz CT molecular complexity index is 3420. The Morgan fingerprint density at radius 2 is 0.839 bits per heavy atom. The summed E-state index contributed by atoms with van der Waals surface area (Å²) in [5.41, 5.74) is 22.9. The molecule has 0 spiro atoms. The van der Waals surface area contributed by atoms with Crippen molar-refractivity contribution in [3.63, 3.8) is 0 Å². The van der Waals surface area contributed by atoms with Gasteiger partial charge in [0, 0.05) is 44.2 Å². The minimum Gasteiger partial charge on any atom is -0.455 e. The lowest BCUT2D eigenvalue weighted by Crippen LogP contribution is -2.16. The van der Waals surface area contributed by atoms with Gasteiger partial charge in [0.2, 0.25) is 0 Å². The zero-order valence-corrected chi connectivity index (χ0v) is 35.4. The highest BCUT2D eigenvalue weighted by molar-refractivity contribution is 6.09. The molecule has 62 heavy (non-hydrogen) atoms. The second-order valence-electron chi connectivity index (χ2n) is 18.1. The average Bonchev–Trinajstić information content (AvgIpc) is 3.89. The number of para-hydroxylation sites is 2. The zero-order chi connectivity index (χ0) is 41.7. The maximum Gasteiger partial charge on any atom is 0.143 e. The summed E-state index contributed by atoms with van der Waals surface area (Å²) in [5, 5.41) is 2.28. The molecule has 12 rings (SSSR count). The van der Waals surface area contributed by atoms with Crippen LogP contribution in [0.5, 0.6) is 0 Å². The molecular formula is C60H45NO. The summed E-state index contributed by atoms with van der Waals surface area (Å²) in [6.45, 7) is 9.39. The standard InChI is InChI=1S/C60H45NO/c1-59(2)54-24-9-6-19-48(54)52-36-42(28-33-55(52)59)40-15-11-14-39(34-40)41-16-12-17-44(35-41)61(45-31-32-49-47-18-5-8-23-53(47)60(3,4)56(49)37-45)43-29-26-38(27-30-43)46-21-13-22-51-50-20-7-10-25-57(50)62-58(46)51/h5-37H,1-4H3. The Balaban J connectivity index is 0.959. The molecule has 9 aromatic carbocycles. The molecule has 0 amide bonds. The Labute approximate surface area is 363 Å². The van der Waals surface area contributed by atoms with E-state index in [1.807, 2.05) is 12.1 Å².